The van der Waals surface area contributed by atoms with Crippen LogP contribution in [0.25, 0.3) is 0 Å². The van der Waals surface area contributed by atoms with Crippen LogP contribution in [0.5, 0.6) is 5.75 Å². The first-order valence-corrected chi connectivity index (χ1v) is 6.34. The summed E-state index contributed by atoms with van der Waals surface area (Å²) in [7, 11) is 1.56. The molecule has 2 unspecified atom stereocenters. The molecule has 1 aliphatic heterocycles. The van der Waals surface area contributed by atoms with Crippen molar-refractivity contribution in [1.82, 2.24) is 5.32 Å². The number of carbonyl (C=O) groups is 1. The van der Waals surface area contributed by atoms with Crippen LogP contribution in [0, 0.1) is 0 Å². The van der Waals surface area contributed by atoms with Crippen molar-refractivity contribution in [3.63, 3.8) is 0 Å². The lowest BCUT2D eigenvalue weighted by Gasteiger charge is -2.29. The van der Waals surface area contributed by atoms with Crippen LogP contribution in [-0.2, 0) is 4.74 Å². The number of hydrogen-bond acceptors (Lipinski definition) is 4. The molecule has 1 fully saturated rings. The second kappa shape index (κ2) is 5.09. The summed E-state index contributed by atoms with van der Waals surface area (Å²) in [6, 6.07) is 5.05. The van der Waals surface area contributed by atoms with Gasteiger partial charge in [0, 0.05) is 12.3 Å². The number of nitrogens with two attached hydrogens (primary N) is 1. The normalized spacial score (nSPS) is 26.2. The summed E-state index contributed by atoms with van der Waals surface area (Å²) in [4.78, 5) is 12.3. The fourth-order valence-electron chi connectivity index (χ4n) is 2.18. The van der Waals surface area contributed by atoms with Crippen LogP contribution in [0.3, 0.4) is 0 Å². The van der Waals surface area contributed by atoms with Gasteiger partial charge >= 0.3 is 0 Å². The zero-order chi connectivity index (χ0) is 14.0. The first kappa shape index (κ1) is 13.7. The van der Waals surface area contributed by atoms with Gasteiger partial charge in [-0.15, -0.1) is 0 Å². The molecule has 1 aromatic rings. The fraction of sp³-hybridized carbons (Fsp3) is 0.500. The predicted molar refractivity (Wildman–Crippen MR) is 73.3 cm³/mol. The van der Waals surface area contributed by atoms with E-state index < -0.39 is 0 Å². The number of rotatable bonds is 3. The number of nitrogen functional groups attached to an aromatic ring is 1. The summed E-state index contributed by atoms with van der Waals surface area (Å²) >= 11 is 0. The van der Waals surface area contributed by atoms with Crippen molar-refractivity contribution in [2.24, 2.45) is 0 Å². The van der Waals surface area contributed by atoms with Gasteiger partial charge in [0.25, 0.3) is 5.91 Å². The minimum Gasteiger partial charge on any atom is -0.497 e. The molecule has 19 heavy (non-hydrogen) atoms. The smallest absolute Gasteiger partial charge is 0.254 e. The molecule has 0 aliphatic carbocycles. The van der Waals surface area contributed by atoms with E-state index >= 15 is 0 Å². The molecule has 0 spiro atoms. The highest BCUT2D eigenvalue weighted by Gasteiger charge is 2.38. The van der Waals surface area contributed by atoms with E-state index in [9.17, 15) is 4.79 Å². The molecule has 0 aromatic heterocycles. The van der Waals surface area contributed by atoms with Gasteiger partial charge in [0.15, 0.2) is 0 Å². The zero-order valence-electron chi connectivity index (χ0n) is 11.5. The van der Waals surface area contributed by atoms with Crippen LogP contribution < -0.4 is 15.8 Å². The minimum atomic E-state index is -0.355. The Morgan fingerprint density at radius 3 is 2.89 bits per heavy atom. The second-order valence-corrected chi connectivity index (χ2v) is 5.09. The number of methoxy groups -OCH3 is 1. The standard InChI is InChI=1S/C14H20N2O3/c1-9-14(2,6-7-19-9)16-13(17)11-8-10(18-3)4-5-12(11)15/h4-5,8-9H,6-7,15H2,1-3H3,(H,16,17). The first-order valence-electron chi connectivity index (χ1n) is 6.34. The molecule has 2 atom stereocenters. The summed E-state index contributed by atoms with van der Waals surface area (Å²) in [6.07, 6.45) is 0.785. The van der Waals surface area contributed by atoms with E-state index in [1.54, 1.807) is 25.3 Å². The predicted octanol–water partition coefficient (Wildman–Crippen LogP) is 1.57. The Morgan fingerprint density at radius 1 is 1.58 bits per heavy atom. The monoisotopic (exact) mass is 264 g/mol. The maximum atomic E-state index is 12.3. The third kappa shape index (κ3) is 2.66. The maximum absolute atomic E-state index is 12.3. The first-order chi connectivity index (χ1) is 8.96. The van der Waals surface area contributed by atoms with E-state index in [2.05, 4.69) is 5.32 Å². The average molecular weight is 264 g/mol. The lowest BCUT2D eigenvalue weighted by molar-refractivity contribution is 0.0728. The molecule has 1 aromatic carbocycles. The molecule has 1 heterocycles. The zero-order valence-corrected chi connectivity index (χ0v) is 11.5. The van der Waals surface area contributed by atoms with Crippen molar-refractivity contribution < 1.29 is 14.3 Å². The van der Waals surface area contributed by atoms with Crippen LogP contribution >= 0.6 is 0 Å². The quantitative estimate of drug-likeness (QED) is 0.813. The van der Waals surface area contributed by atoms with Gasteiger partial charge in [0.1, 0.15) is 5.75 Å². The Labute approximate surface area is 113 Å². The SMILES string of the molecule is COc1ccc(N)c(C(=O)NC2(C)CCOC2C)c1. The number of amides is 1. The molecular formula is C14H20N2O3. The van der Waals surface area contributed by atoms with Crippen molar-refractivity contribution in [2.75, 3.05) is 19.5 Å². The molecular weight excluding hydrogens is 244 g/mol. The Morgan fingerprint density at radius 2 is 2.32 bits per heavy atom. The van der Waals surface area contributed by atoms with Gasteiger partial charge in [0.05, 0.1) is 24.3 Å². The van der Waals surface area contributed by atoms with E-state index in [-0.39, 0.29) is 17.6 Å². The van der Waals surface area contributed by atoms with Crippen molar-refractivity contribution in [3.05, 3.63) is 23.8 Å². The largest absolute Gasteiger partial charge is 0.497 e. The minimum absolute atomic E-state index is 0.0108. The highest BCUT2D eigenvalue weighted by molar-refractivity contribution is 6.00. The number of ether oxygens (including phenoxy) is 2. The molecule has 1 saturated heterocycles. The third-order valence-electron chi connectivity index (χ3n) is 3.79. The Balaban J connectivity index is 2.20. The number of nitrogens with one attached hydrogen (secondary N) is 1. The lowest BCUT2D eigenvalue weighted by Crippen LogP contribution is -2.50. The number of benzene rings is 1. The van der Waals surface area contributed by atoms with E-state index in [4.69, 9.17) is 15.2 Å². The van der Waals surface area contributed by atoms with Crippen molar-refractivity contribution in [3.8, 4) is 5.75 Å². The van der Waals surface area contributed by atoms with Gasteiger partial charge in [-0.2, -0.15) is 0 Å². The van der Waals surface area contributed by atoms with Crippen molar-refractivity contribution in [1.29, 1.82) is 0 Å². The molecule has 1 aliphatic rings. The highest BCUT2D eigenvalue weighted by Crippen LogP contribution is 2.27. The van der Waals surface area contributed by atoms with E-state index in [0.29, 0.717) is 23.6 Å². The molecule has 2 rings (SSSR count). The molecule has 0 bridgehead atoms. The summed E-state index contributed by atoms with van der Waals surface area (Å²) < 4.78 is 10.6. The molecule has 0 saturated carbocycles. The van der Waals surface area contributed by atoms with Crippen LogP contribution in [0.2, 0.25) is 0 Å². The van der Waals surface area contributed by atoms with Gasteiger partial charge < -0.3 is 20.5 Å². The van der Waals surface area contributed by atoms with Crippen molar-refractivity contribution in [2.45, 2.75) is 31.9 Å². The van der Waals surface area contributed by atoms with Gasteiger partial charge in [0.2, 0.25) is 0 Å². The Kier molecular flexibility index (Phi) is 3.66. The number of hydrogen-bond donors (Lipinski definition) is 2. The molecule has 104 valence electrons. The fourth-order valence-corrected chi connectivity index (χ4v) is 2.18. The molecule has 0 radical (unpaired) electrons. The summed E-state index contributed by atoms with van der Waals surface area (Å²) in [6.45, 7) is 4.60. The van der Waals surface area contributed by atoms with Crippen LogP contribution in [-0.4, -0.2) is 31.3 Å². The summed E-state index contributed by atoms with van der Waals surface area (Å²) in [5, 5.41) is 3.01. The second-order valence-electron chi connectivity index (χ2n) is 5.09. The van der Waals surface area contributed by atoms with Gasteiger partial charge in [-0.1, -0.05) is 0 Å². The summed E-state index contributed by atoms with van der Waals surface area (Å²) in [5.74, 6) is 0.413. The molecule has 5 heteroatoms. The van der Waals surface area contributed by atoms with Crippen molar-refractivity contribution >= 4 is 11.6 Å². The summed E-state index contributed by atoms with van der Waals surface area (Å²) in [5.41, 5.74) is 6.36. The molecule has 5 nitrogen and oxygen atoms in total. The topological polar surface area (TPSA) is 73.6 Å². The number of anilines is 1. The third-order valence-corrected chi connectivity index (χ3v) is 3.79. The Hall–Kier alpha value is -1.75. The highest BCUT2D eigenvalue weighted by atomic mass is 16.5. The number of carbonyl (C=O) groups excluding carboxylic acids is 1. The van der Waals surface area contributed by atoms with E-state index in [1.165, 1.54) is 0 Å². The van der Waals surface area contributed by atoms with Gasteiger partial charge in [-0.05, 0) is 38.5 Å². The van der Waals surface area contributed by atoms with Crippen LogP contribution in [0.4, 0.5) is 5.69 Å². The lowest BCUT2D eigenvalue weighted by atomic mass is 9.94. The molecule has 3 N–H and O–H groups in total. The van der Waals surface area contributed by atoms with Gasteiger partial charge in [-0.3, -0.25) is 4.79 Å². The average Bonchev–Trinajstić information content (AvgIpc) is 2.69. The van der Waals surface area contributed by atoms with Crippen LogP contribution in [0.1, 0.15) is 30.6 Å². The van der Waals surface area contributed by atoms with E-state index in [0.717, 1.165) is 6.42 Å². The Bertz CT molecular complexity index is 490. The van der Waals surface area contributed by atoms with E-state index in [1.807, 2.05) is 13.8 Å². The van der Waals surface area contributed by atoms with Crippen LogP contribution in [0.15, 0.2) is 18.2 Å². The molecule has 1 amide bonds. The van der Waals surface area contributed by atoms with Gasteiger partial charge in [-0.25, -0.2) is 0 Å². The maximum Gasteiger partial charge on any atom is 0.254 e.